The molecule has 1 fully saturated rings. The van der Waals surface area contributed by atoms with Crippen molar-refractivity contribution in [1.29, 1.82) is 0 Å². The van der Waals surface area contributed by atoms with Crippen LogP contribution >= 0.6 is 0 Å². The number of hydrogen-bond donors (Lipinski definition) is 2. The van der Waals surface area contributed by atoms with Crippen LogP contribution in [0, 0.1) is 0 Å². The molecule has 3 aromatic carbocycles. The third kappa shape index (κ3) is 4.54. The van der Waals surface area contributed by atoms with Crippen LogP contribution in [0.25, 0.3) is 0 Å². The fourth-order valence-corrected chi connectivity index (χ4v) is 4.00. The summed E-state index contributed by atoms with van der Waals surface area (Å²) in [6.07, 6.45) is 0.975. The van der Waals surface area contributed by atoms with Crippen LogP contribution in [0.15, 0.2) is 91.0 Å². The monoisotopic (exact) mass is 427 g/mol. The van der Waals surface area contributed by atoms with Gasteiger partial charge in [-0.3, -0.25) is 14.5 Å². The Morgan fingerprint density at radius 3 is 2.00 bits per heavy atom. The maximum Gasteiger partial charge on any atom is 0.325 e. The highest BCUT2D eigenvalue weighted by Gasteiger charge is 2.52. The second-order valence-electron chi connectivity index (χ2n) is 7.84. The summed E-state index contributed by atoms with van der Waals surface area (Å²) in [7, 11) is 0. The van der Waals surface area contributed by atoms with Crippen LogP contribution in [-0.2, 0) is 28.0 Å². The van der Waals surface area contributed by atoms with E-state index >= 15 is 0 Å². The molecule has 0 spiro atoms. The lowest BCUT2D eigenvalue weighted by atomic mass is 9.83. The minimum Gasteiger partial charge on any atom is -0.354 e. The van der Waals surface area contributed by atoms with Crippen LogP contribution in [-0.4, -0.2) is 35.8 Å². The van der Waals surface area contributed by atoms with E-state index in [0.717, 1.165) is 16.0 Å². The summed E-state index contributed by atoms with van der Waals surface area (Å²) in [5.41, 5.74) is 1.46. The zero-order valence-corrected chi connectivity index (χ0v) is 17.7. The van der Waals surface area contributed by atoms with Gasteiger partial charge in [0, 0.05) is 13.0 Å². The summed E-state index contributed by atoms with van der Waals surface area (Å²) in [6.45, 7) is 0.114. The van der Waals surface area contributed by atoms with E-state index in [0.29, 0.717) is 24.9 Å². The predicted octanol–water partition coefficient (Wildman–Crippen LogP) is 3.04. The molecular weight excluding hydrogens is 402 g/mol. The molecule has 0 aliphatic carbocycles. The molecule has 162 valence electrons. The van der Waals surface area contributed by atoms with Gasteiger partial charge in [-0.05, 0) is 23.1 Å². The zero-order chi connectivity index (χ0) is 22.4. The Labute approximate surface area is 187 Å². The van der Waals surface area contributed by atoms with Crippen molar-refractivity contribution in [3.05, 3.63) is 108 Å². The highest BCUT2D eigenvalue weighted by atomic mass is 16.2. The molecule has 6 heteroatoms. The second-order valence-corrected chi connectivity index (χ2v) is 7.84. The summed E-state index contributed by atoms with van der Waals surface area (Å²) >= 11 is 0. The number of amides is 4. The summed E-state index contributed by atoms with van der Waals surface area (Å²) in [4.78, 5) is 39.9. The van der Waals surface area contributed by atoms with Crippen molar-refractivity contribution >= 4 is 17.8 Å². The summed E-state index contributed by atoms with van der Waals surface area (Å²) in [5, 5.41) is 5.68. The molecule has 1 aliphatic heterocycles. The largest absolute Gasteiger partial charge is 0.354 e. The molecule has 32 heavy (non-hydrogen) atoms. The summed E-state index contributed by atoms with van der Waals surface area (Å²) in [6, 6.07) is 28.0. The number of hydrogen-bond acceptors (Lipinski definition) is 3. The van der Waals surface area contributed by atoms with Crippen molar-refractivity contribution in [2.75, 3.05) is 13.1 Å². The first-order valence-electron chi connectivity index (χ1n) is 10.6. The van der Waals surface area contributed by atoms with Crippen LogP contribution in [0.3, 0.4) is 0 Å². The molecule has 1 saturated heterocycles. The minimum atomic E-state index is -1.25. The van der Waals surface area contributed by atoms with E-state index in [2.05, 4.69) is 10.6 Å². The number of nitrogens with zero attached hydrogens (tertiary/aromatic N) is 1. The molecule has 4 amide bonds. The Hall–Kier alpha value is -3.93. The molecule has 1 aliphatic rings. The van der Waals surface area contributed by atoms with Gasteiger partial charge >= 0.3 is 6.03 Å². The molecule has 0 radical (unpaired) electrons. The van der Waals surface area contributed by atoms with Gasteiger partial charge in [-0.25, -0.2) is 4.79 Å². The first-order chi connectivity index (χ1) is 15.6. The lowest BCUT2D eigenvalue weighted by molar-refractivity contribution is -0.135. The lowest BCUT2D eigenvalue weighted by Gasteiger charge is -2.27. The van der Waals surface area contributed by atoms with Crippen LogP contribution in [0.4, 0.5) is 4.79 Å². The maximum atomic E-state index is 13.5. The molecule has 0 bridgehead atoms. The van der Waals surface area contributed by atoms with Gasteiger partial charge in [0.25, 0.3) is 5.91 Å². The first kappa shape index (κ1) is 21.3. The van der Waals surface area contributed by atoms with Crippen LogP contribution < -0.4 is 10.6 Å². The number of rotatable bonds is 8. The van der Waals surface area contributed by atoms with Crippen molar-refractivity contribution < 1.29 is 14.4 Å². The van der Waals surface area contributed by atoms with Crippen molar-refractivity contribution in [2.24, 2.45) is 0 Å². The quantitative estimate of drug-likeness (QED) is 0.543. The number of carbonyl (C=O) groups excluding carboxylic acids is 3. The molecule has 0 aromatic heterocycles. The normalized spacial score (nSPS) is 17.8. The average molecular weight is 428 g/mol. The van der Waals surface area contributed by atoms with E-state index in [4.69, 9.17) is 0 Å². The molecule has 3 aromatic rings. The molecular formula is C26H25N3O3. The van der Waals surface area contributed by atoms with E-state index < -0.39 is 17.5 Å². The Morgan fingerprint density at radius 1 is 0.812 bits per heavy atom. The highest BCUT2D eigenvalue weighted by Crippen LogP contribution is 2.32. The molecule has 1 unspecified atom stereocenters. The van der Waals surface area contributed by atoms with Crippen molar-refractivity contribution in [3.63, 3.8) is 0 Å². The van der Waals surface area contributed by atoms with Gasteiger partial charge in [-0.1, -0.05) is 91.0 Å². The first-order valence-corrected chi connectivity index (χ1v) is 10.6. The van der Waals surface area contributed by atoms with Crippen LogP contribution in [0.1, 0.15) is 16.7 Å². The van der Waals surface area contributed by atoms with Gasteiger partial charge in [0.2, 0.25) is 5.91 Å². The number of nitrogens with one attached hydrogen (secondary N) is 2. The van der Waals surface area contributed by atoms with E-state index in [-0.39, 0.29) is 12.5 Å². The highest BCUT2D eigenvalue weighted by molar-refractivity contribution is 6.09. The standard InChI is InChI=1S/C26H25N3O3/c30-23(27-17-16-20-10-4-1-5-11-20)19-29-24(31)26(28-25(29)32,22-14-8-3-9-15-22)18-21-12-6-2-7-13-21/h1-15H,16-19H2,(H,27,30)(H,28,32). The van der Waals surface area contributed by atoms with Crippen LogP contribution in [0.5, 0.6) is 0 Å². The van der Waals surface area contributed by atoms with Gasteiger partial charge in [-0.15, -0.1) is 0 Å². The Morgan fingerprint density at radius 2 is 1.38 bits per heavy atom. The fourth-order valence-electron chi connectivity index (χ4n) is 4.00. The third-order valence-corrected chi connectivity index (χ3v) is 5.63. The topological polar surface area (TPSA) is 78.5 Å². The Kier molecular flexibility index (Phi) is 6.31. The van der Waals surface area contributed by atoms with Gasteiger partial charge in [0.1, 0.15) is 6.54 Å². The summed E-state index contributed by atoms with van der Waals surface area (Å²) in [5.74, 6) is -0.788. The predicted molar refractivity (Wildman–Crippen MR) is 122 cm³/mol. The number of carbonyl (C=O) groups is 3. The smallest absolute Gasteiger partial charge is 0.325 e. The SMILES string of the molecule is O=C(CN1C(=O)NC(Cc2ccccc2)(c2ccccc2)C1=O)NCCc1ccccc1. The summed E-state index contributed by atoms with van der Waals surface area (Å²) < 4.78 is 0. The number of imide groups is 1. The van der Waals surface area contributed by atoms with Gasteiger partial charge < -0.3 is 10.6 Å². The third-order valence-electron chi connectivity index (χ3n) is 5.63. The van der Waals surface area contributed by atoms with Crippen LogP contribution in [0.2, 0.25) is 0 Å². The van der Waals surface area contributed by atoms with Crippen molar-refractivity contribution in [2.45, 2.75) is 18.4 Å². The van der Waals surface area contributed by atoms with Gasteiger partial charge in [0.15, 0.2) is 5.54 Å². The van der Waals surface area contributed by atoms with Crippen molar-refractivity contribution in [1.82, 2.24) is 15.5 Å². The molecule has 6 nitrogen and oxygen atoms in total. The van der Waals surface area contributed by atoms with E-state index in [1.165, 1.54) is 0 Å². The van der Waals surface area contributed by atoms with Gasteiger partial charge in [-0.2, -0.15) is 0 Å². The number of urea groups is 1. The van der Waals surface area contributed by atoms with E-state index in [1.54, 1.807) is 0 Å². The average Bonchev–Trinajstić information content (AvgIpc) is 3.06. The lowest BCUT2D eigenvalue weighted by Crippen LogP contribution is -2.47. The zero-order valence-electron chi connectivity index (χ0n) is 17.7. The molecule has 1 atom stereocenters. The van der Waals surface area contributed by atoms with E-state index in [9.17, 15) is 14.4 Å². The maximum absolute atomic E-state index is 13.5. The second kappa shape index (κ2) is 9.47. The molecule has 1 heterocycles. The van der Waals surface area contributed by atoms with Crippen molar-refractivity contribution in [3.8, 4) is 0 Å². The number of benzene rings is 3. The molecule has 4 rings (SSSR count). The molecule has 2 N–H and O–H groups in total. The fraction of sp³-hybridized carbons (Fsp3) is 0.192. The Balaban J connectivity index is 1.49. The molecule has 0 saturated carbocycles. The minimum absolute atomic E-state index is 0.300. The van der Waals surface area contributed by atoms with Gasteiger partial charge in [0.05, 0.1) is 0 Å². The Bertz CT molecular complexity index is 1090. The van der Waals surface area contributed by atoms with E-state index in [1.807, 2.05) is 91.0 Å².